The number of hydrogen-bond acceptors (Lipinski definition) is 5. The van der Waals surface area contributed by atoms with Gasteiger partial charge in [-0.15, -0.1) is 0 Å². The van der Waals surface area contributed by atoms with Crippen LogP contribution in [0, 0.1) is 0 Å². The van der Waals surface area contributed by atoms with E-state index in [-0.39, 0.29) is 0 Å². The van der Waals surface area contributed by atoms with Gasteiger partial charge in [0.05, 0.1) is 12.6 Å². The average molecular weight is 322 g/mol. The van der Waals surface area contributed by atoms with Crippen molar-refractivity contribution in [3.8, 4) is 11.4 Å². The highest BCUT2D eigenvalue weighted by molar-refractivity contribution is 6.30. The number of rotatable bonds is 6. The summed E-state index contributed by atoms with van der Waals surface area (Å²) >= 11 is 6.00. The third-order valence-electron chi connectivity index (χ3n) is 3.84. The zero-order chi connectivity index (χ0) is 15.4. The molecule has 1 fully saturated rings. The predicted molar refractivity (Wildman–Crippen MR) is 84.7 cm³/mol. The number of nitrogens with zero attached hydrogens (tertiary/aromatic N) is 3. The van der Waals surface area contributed by atoms with Crippen LogP contribution in [0.4, 0.5) is 0 Å². The van der Waals surface area contributed by atoms with Gasteiger partial charge in [-0.3, -0.25) is 4.90 Å². The van der Waals surface area contributed by atoms with E-state index in [1.54, 1.807) is 0 Å². The van der Waals surface area contributed by atoms with Crippen molar-refractivity contribution in [2.75, 3.05) is 19.7 Å². The van der Waals surface area contributed by atoms with Gasteiger partial charge in [-0.1, -0.05) is 35.8 Å². The van der Waals surface area contributed by atoms with Gasteiger partial charge >= 0.3 is 0 Å². The van der Waals surface area contributed by atoms with Gasteiger partial charge in [0.25, 0.3) is 0 Å². The van der Waals surface area contributed by atoms with Gasteiger partial charge in [0.2, 0.25) is 11.7 Å². The van der Waals surface area contributed by atoms with Crippen molar-refractivity contribution in [1.29, 1.82) is 0 Å². The minimum atomic E-state index is 0.329. The molecule has 0 N–H and O–H groups in total. The molecule has 5 nitrogen and oxygen atoms in total. The number of halogens is 1. The van der Waals surface area contributed by atoms with E-state index in [1.165, 1.54) is 0 Å². The highest BCUT2D eigenvalue weighted by Gasteiger charge is 2.20. The second kappa shape index (κ2) is 7.22. The number of benzene rings is 1. The summed E-state index contributed by atoms with van der Waals surface area (Å²) in [4.78, 5) is 6.73. The lowest BCUT2D eigenvalue weighted by Crippen LogP contribution is -2.31. The summed E-state index contributed by atoms with van der Waals surface area (Å²) in [6.07, 6.45) is 2.62. The molecule has 0 amide bonds. The molecular weight excluding hydrogens is 302 g/mol. The molecule has 0 aliphatic carbocycles. The first-order chi connectivity index (χ1) is 10.7. The van der Waals surface area contributed by atoms with Gasteiger partial charge in [0.15, 0.2) is 0 Å². The molecule has 2 aromatic rings. The summed E-state index contributed by atoms with van der Waals surface area (Å²) in [5, 5.41) is 4.71. The quantitative estimate of drug-likeness (QED) is 0.816. The standard InChI is InChI=1S/C16H20ClN3O2/c1-2-20(10-14-7-4-8-21-14)11-15-18-16(19-22-15)12-5-3-6-13(17)9-12/h3,5-6,9,14H,2,4,7-8,10-11H2,1H3/t14-/m1/s1. The van der Waals surface area contributed by atoms with E-state index >= 15 is 0 Å². The van der Waals surface area contributed by atoms with Crippen molar-refractivity contribution in [1.82, 2.24) is 15.0 Å². The van der Waals surface area contributed by atoms with Crippen molar-refractivity contribution < 1.29 is 9.26 Å². The van der Waals surface area contributed by atoms with Gasteiger partial charge in [-0.2, -0.15) is 4.98 Å². The van der Waals surface area contributed by atoms with Crippen molar-refractivity contribution in [2.24, 2.45) is 0 Å². The summed E-state index contributed by atoms with van der Waals surface area (Å²) in [5.74, 6) is 1.19. The molecule has 0 bridgehead atoms. The molecule has 0 spiro atoms. The fourth-order valence-corrected chi connectivity index (χ4v) is 2.83. The van der Waals surface area contributed by atoms with Crippen molar-refractivity contribution in [3.05, 3.63) is 35.2 Å². The second-order valence-electron chi connectivity index (χ2n) is 5.48. The van der Waals surface area contributed by atoms with Crippen LogP contribution in [0.25, 0.3) is 11.4 Å². The highest BCUT2D eigenvalue weighted by Crippen LogP contribution is 2.20. The summed E-state index contributed by atoms with van der Waals surface area (Å²) < 4.78 is 11.1. The molecule has 2 heterocycles. The van der Waals surface area contributed by atoms with E-state index in [0.29, 0.717) is 29.4 Å². The Balaban J connectivity index is 1.65. The lowest BCUT2D eigenvalue weighted by atomic mass is 10.2. The van der Waals surface area contributed by atoms with Crippen LogP contribution in [0.1, 0.15) is 25.7 Å². The molecule has 3 rings (SSSR count). The number of aromatic nitrogens is 2. The summed E-state index contributed by atoms with van der Waals surface area (Å²) in [6, 6.07) is 7.46. The van der Waals surface area contributed by atoms with Crippen LogP contribution in [0.2, 0.25) is 5.02 Å². The van der Waals surface area contributed by atoms with E-state index < -0.39 is 0 Å². The van der Waals surface area contributed by atoms with Gasteiger partial charge in [-0.25, -0.2) is 0 Å². The molecular formula is C16H20ClN3O2. The van der Waals surface area contributed by atoms with E-state index in [1.807, 2.05) is 24.3 Å². The first kappa shape index (κ1) is 15.5. The molecule has 1 aromatic heterocycles. The molecule has 6 heteroatoms. The zero-order valence-electron chi connectivity index (χ0n) is 12.7. The van der Waals surface area contributed by atoms with Crippen molar-refractivity contribution in [2.45, 2.75) is 32.4 Å². The zero-order valence-corrected chi connectivity index (χ0v) is 13.4. The molecule has 0 unspecified atom stereocenters. The molecule has 1 saturated heterocycles. The number of ether oxygens (including phenoxy) is 1. The Bertz CT molecular complexity index is 611. The van der Waals surface area contributed by atoms with Crippen molar-refractivity contribution >= 4 is 11.6 Å². The largest absolute Gasteiger partial charge is 0.377 e. The van der Waals surface area contributed by atoms with Gasteiger partial charge in [0.1, 0.15) is 0 Å². The Morgan fingerprint density at radius 1 is 1.41 bits per heavy atom. The lowest BCUT2D eigenvalue weighted by molar-refractivity contribution is 0.0689. The van der Waals surface area contributed by atoms with Gasteiger partial charge < -0.3 is 9.26 Å². The van der Waals surface area contributed by atoms with E-state index in [2.05, 4.69) is 22.0 Å². The summed E-state index contributed by atoms with van der Waals surface area (Å²) in [5.41, 5.74) is 0.865. The molecule has 1 aliphatic rings. The number of hydrogen-bond donors (Lipinski definition) is 0. The minimum absolute atomic E-state index is 0.329. The first-order valence-corrected chi connectivity index (χ1v) is 8.05. The number of likely N-dealkylation sites (N-methyl/N-ethyl adjacent to an activating group) is 1. The van der Waals surface area contributed by atoms with Crippen LogP contribution >= 0.6 is 11.6 Å². The second-order valence-corrected chi connectivity index (χ2v) is 5.92. The fourth-order valence-electron chi connectivity index (χ4n) is 2.64. The Labute approximate surface area is 135 Å². The van der Waals surface area contributed by atoms with Crippen molar-refractivity contribution in [3.63, 3.8) is 0 Å². The van der Waals surface area contributed by atoms with Crippen LogP contribution in [-0.4, -0.2) is 40.8 Å². The molecule has 0 radical (unpaired) electrons. The smallest absolute Gasteiger partial charge is 0.241 e. The Kier molecular flexibility index (Phi) is 5.08. The monoisotopic (exact) mass is 321 g/mol. The maximum Gasteiger partial charge on any atom is 0.241 e. The van der Waals surface area contributed by atoms with Gasteiger partial charge in [-0.05, 0) is 31.5 Å². The van der Waals surface area contributed by atoms with E-state index in [9.17, 15) is 0 Å². The maximum absolute atomic E-state index is 6.00. The predicted octanol–water partition coefficient (Wildman–Crippen LogP) is 3.39. The highest BCUT2D eigenvalue weighted by atomic mass is 35.5. The van der Waals surface area contributed by atoms with E-state index in [4.69, 9.17) is 20.9 Å². The van der Waals surface area contributed by atoms with E-state index in [0.717, 1.165) is 38.1 Å². The molecule has 1 atom stereocenters. The summed E-state index contributed by atoms with van der Waals surface area (Å²) in [6.45, 7) is 5.48. The van der Waals surface area contributed by atoms with Crippen LogP contribution in [0.15, 0.2) is 28.8 Å². The Hall–Kier alpha value is -1.43. The average Bonchev–Trinajstić information content (AvgIpc) is 3.18. The summed E-state index contributed by atoms with van der Waals surface area (Å²) in [7, 11) is 0. The molecule has 1 aromatic carbocycles. The maximum atomic E-state index is 6.00. The topological polar surface area (TPSA) is 51.4 Å². The van der Waals surface area contributed by atoms with Crippen LogP contribution < -0.4 is 0 Å². The third-order valence-corrected chi connectivity index (χ3v) is 4.08. The van der Waals surface area contributed by atoms with Crippen LogP contribution in [-0.2, 0) is 11.3 Å². The lowest BCUT2D eigenvalue weighted by Gasteiger charge is -2.21. The fraction of sp³-hybridized carbons (Fsp3) is 0.500. The van der Waals surface area contributed by atoms with Crippen LogP contribution in [0.3, 0.4) is 0 Å². The normalized spacial score (nSPS) is 18.2. The Morgan fingerprint density at radius 3 is 3.05 bits per heavy atom. The van der Waals surface area contributed by atoms with Crippen LogP contribution in [0.5, 0.6) is 0 Å². The molecule has 22 heavy (non-hydrogen) atoms. The minimum Gasteiger partial charge on any atom is -0.377 e. The first-order valence-electron chi connectivity index (χ1n) is 7.67. The third kappa shape index (κ3) is 3.85. The SMILES string of the molecule is CCN(Cc1nc(-c2cccc(Cl)c2)no1)C[C@H]1CCCO1. The molecule has 1 aliphatic heterocycles. The molecule has 118 valence electrons. The molecule has 0 saturated carbocycles. The Morgan fingerprint density at radius 2 is 2.32 bits per heavy atom. The van der Waals surface area contributed by atoms with Gasteiger partial charge in [0, 0.05) is 23.7 Å².